The van der Waals surface area contributed by atoms with Crippen molar-refractivity contribution < 1.29 is 18.4 Å². The molecule has 4 aromatic rings. The number of rotatable bonds is 5. The Balaban J connectivity index is 1.27. The van der Waals surface area contributed by atoms with Crippen molar-refractivity contribution in [1.29, 1.82) is 0 Å². The van der Waals surface area contributed by atoms with Gasteiger partial charge in [-0.1, -0.05) is 23.7 Å². The van der Waals surface area contributed by atoms with Gasteiger partial charge >= 0.3 is 0 Å². The van der Waals surface area contributed by atoms with Gasteiger partial charge in [0.25, 0.3) is 5.91 Å². The highest BCUT2D eigenvalue weighted by Gasteiger charge is 2.28. The van der Waals surface area contributed by atoms with Crippen molar-refractivity contribution in [3.05, 3.63) is 106 Å². The second kappa shape index (κ2) is 11.3. The number of nitrogens with two attached hydrogens (primary N) is 1. The second-order valence-electron chi connectivity index (χ2n) is 9.88. The molecule has 12 heteroatoms. The fraction of sp³-hybridized carbons (Fsp3) is 0.167. The molecule has 1 saturated heterocycles. The first kappa shape index (κ1) is 27.4. The van der Waals surface area contributed by atoms with Crippen LogP contribution in [0.4, 0.5) is 20.4 Å². The zero-order chi connectivity index (χ0) is 29.4. The molecule has 1 atom stereocenters. The Morgan fingerprint density at radius 2 is 1.81 bits per heavy atom. The number of halogens is 3. The summed E-state index contributed by atoms with van der Waals surface area (Å²) in [7, 11) is 0. The minimum atomic E-state index is -0.731. The van der Waals surface area contributed by atoms with Gasteiger partial charge in [0, 0.05) is 58.8 Å². The number of nitrogens with zero attached hydrogens (tertiary/aromatic N) is 4. The summed E-state index contributed by atoms with van der Waals surface area (Å²) in [5.41, 5.74) is 8.66. The molecule has 3 heterocycles. The number of fused-ring (bicyclic) bond motifs is 3. The van der Waals surface area contributed by atoms with Crippen LogP contribution in [0, 0.1) is 11.6 Å². The number of amides is 2. The van der Waals surface area contributed by atoms with Crippen LogP contribution in [-0.4, -0.2) is 58.1 Å². The number of aliphatic imine (C=N–C) groups is 1. The average Bonchev–Trinajstić information content (AvgIpc) is 3.14. The first-order valence-corrected chi connectivity index (χ1v) is 13.5. The summed E-state index contributed by atoms with van der Waals surface area (Å²) >= 11 is 6.30. The third kappa shape index (κ3) is 5.31. The van der Waals surface area contributed by atoms with Crippen LogP contribution in [-0.2, 0) is 11.3 Å². The van der Waals surface area contributed by atoms with Gasteiger partial charge in [0.15, 0.2) is 0 Å². The molecular formula is C30H24ClF2N7O2. The molecule has 2 aliphatic heterocycles. The van der Waals surface area contributed by atoms with Crippen LogP contribution in [0.1, 0.15) is 27.0 Å². The molecule has 6 rings (SSSR count). The molecule has 3 aromatic carbocycles. The highest BCUT2D eigenvalue weighted by atomic mass is 35.5. The van der Waals surface area contributed by atoms with Crippen molar-refractivity contribution in [1.82, 2.24) is 20.2 Å². The minimum Gasteiger partial charge on any atom is -0.368 e. The number of hydrogen-bond donors (Lipinski definition) is 3. The van der Waals surface area contributed by atoms with Gasteiger partial charge in [0.2, 0.25) is 11.9 Å². The van der Waals surface area contributed by atoms with Gasteiger partial charge in [0.05, 0.1) is 23.5 Å². The Bertz CT molecular complexity index is 1730. The summed E-state index contributed by atoms with van der Waals surface area (Å²) < 4.78 is 29.6. The molecule has 4 N–H and O–H groups in total. The molecule has 0 bridgehead atoms. The van der Waals surface area contributed by atoms with E-state index in [1.54, 1.807) is 53.6 Å². The predicted molar refractivity (Wildman–Crippen MR) is 155 cm³/mol. The number of benzene rings is 3. The van der Waals surface area contributed by atoms with Crippen molar-refractivity contribution >= 4 is 40.8 Å². The van der Waals surface area contributed by atoms with Crippen molar-refractivity contribution in [3.8, 4) is 11.3 Å². The Kier molecular flexibility index (Phi) is 7.36. The molecule has 2 amide bonds. The summed E-state index contributed by atoms with van der Waals surface area (Å²) in [6.07, 6.45) is 1.62. The molecule has 9 nitrogen and oxygen atoms in total. The van der Waals surface area contributed by atoms with E-state index in [1.807, 2.05) is 0 Å². The second-order valence-corrected chi connectivity index (χ2v) is 10.3. The average molecular weight is 588 g/mol. The minimum absolute atomic E-state index is 0.102. The van der Waals surface area contributed by atoms with E-state index in [2.05, 4.69) is 20.6 Å². The van der Waals surface area contributed by atoms with E-state index < -0.39 is 23.6 Å². The Morgan fingerprint density at radius 3 is 2.55 bits per heavy atom. The zero-order valence-corrected chi connectivity index (χ0v) is 22.8. The summed E-state index contributed by atoms with van der Waals surface area (Å²) in [5, 5.41) is 6.53. The van der Waals surface area contributed by atoms with Gasteiger partial charge in [-0.25, -0.2) is 18.7 Å². The van der Waals surface area contributed by atoms with Crippen LogP contribution in [0.3, 0.4) is 0 Å². The maximum absolute atomic E-state index is 14.8. The van der Waals surface area contributed by atoms with Crippen molar-refractivity contribution in [2.24, 2.45) is 10.7 Å². The number of nitrogens with one attached hydrogen (secondary N) is 2. The summed E-state index contributed by atoms with van der Waals surface area (Å²) in [5.74, 6) is -1.88. The zero-order valence-electron chi connectivity index (χ0n) is 22.1. The van der Waals surface area contributed by atoms with Crippen LogP contribution >= 0.6 is 11.6 Å². The molecule has 1 fully saturated rings. The molecule has 1 unspecified atom stereocenters. The van der Waals surface area contributed by atoms with Crippen molar-refractivity contribution in [2.45, 2.75) is 12.6 Å². The van der Waals surface area contributed by atoms with E-state index >= 15 is 0 Å². The molecule has 0 spiro atoms. The standard InChI is InChI=1S/C30H24ClF2N7O2/c31-18-6-9-20-21(12-18)27(25-22(32)2-1-3-23(25)33)36-13-17-14-37-30(39-26(17)20)38-19-7-4-16(5-8-19)29(42)40-11-10-35-24(15-40)28(34)41/h1-9,12,14,24,35H,10-11,13,15H2,(H2,34,41)(H,37,38,39). The molecular weight excluding hydrogens is 564 g/mol. The maximum atomic E-state index is 14.8. The van der Waals surface area contributed by atoms with Gasteiger partial charge in [0.1, 0.15) is 17.7 Å². The Morgan fingerprint density at radius 1 is 1.05 bits per heavy atom. The monoisotopic (exact) mass is 587 g/mol. The van der Waals surface area contributed by atoms with Crippen LogP contribution in [0.25, 0.3) is 11.3 Å². The number of primary amides is 1. The van der Waals surface area contributed by atoms with E-state index in [4.69, 9.17) is 22.3 Å². The quantitative estimate of drug-likeness (QED) is 0.323. The van der Waals surface area contributed by atoms with Gasteiger partial charge in [-0.15, -0.1) is 0 Å². The number of anilines is 2. The number of carbonyl (C=O) groups excluding carboxylic acids is 2. The van der Waals surface area contributed by atoms with E-state index in [9.17, 15) is 18.4 Å². The SMILES string of the molecule is NC(=O)C1CN(C(=O)c2ccc(Nc3ncc4c(n3)-c3ccc(Cl)cc3C(c3c(F)cccc3F)=NC4)cc2)CCN1. The van der Waals surface area contributed by atoms with Gasteiger partial charge in [-0.05, 0) is 48.5 Å². The summed E-state index contributed by atoms with van der Waals surface area (Å²) in [4.78, 5) is 39.8. The Labute approximate surface area is 244 Å². The smallest absolute Gasteiger partial charge is 0.253 e. The van der Waals surface area contributed by atoms with Gasteiger partial charge in [-0.3, -0.25) is 14.6 Å². The first-order valence-electron chi connectivity index (χ1n) is 13.1. The summed E-state index contributed by atoms with van der Waals surface area (Å²) in [6, 6.07) is 14.9. The fourth-order valence-electron chi connectivity index (χ4n) is 5.05. The van der Waals surface area contributed by atoms with Gasteiger partial charge < -0.3 is 21.3 Å². The molecule has 212 valence electrons. The molecule has 0 saturated carbocycles. The van der Waals surface area contributed by atoms with E-state index in [-0.39, 0.29) is 36.2 Å². The van der Waals surface area contributed by atoms with E-state index in [0.717, 1.165) is 0 Å². The lowest BCUT2D eigenvalue weighted by atomic mass is 9.95. The van der Waals surface area contributed by atoms with Crippen molar-refractivity contribution in [3.63, 3.8) is 0 Å². The van der Waals surface area contributed by atoms with Crippen LogP contribution < -0.4 is 16.4 Å². The highest BCUT2D eigenvalue weighted by molar-refractivity contribution is 6.31. The molecule has 0 radical (unpaired) electrons. The maximum Gasteiger partial charge on any atom is 0.253 e. The number of carbonyl (C=O) groups is 2. The lowest BCUT2D eigenvalue weighted by molar-refractivity contribution is -0.120. The lowest BCUT2D eigenvalue weighted by Gasteiger charge is -2.32. The molecule has 1 aromatic heterocycles. The summed E-state index contributed by atoms with van der Waals surface area (Å²) in [6.45, 7) is 1.25. The third-order valence-corrected chi connectivity index (χ3v) is 7.39. The first-order chi connectivity index (χ1) is 20.3. The van der Waals surface area contributed by atoms with Crippen LogP contribution in [0.15, 0.2) is 71.9 Å². The lowest BCUT2D eigenvalue weighted by Crippen LogP contribution is -2.57. The third-order valence-electron chi connectivity index (χ3n) is 7.16. The number of piperazine rings is 1. The number of hydrogen-bond acceptors (Lipinski definition) is 7. The number of aromatic nitrogens is 2. The topological polar surface area (TPSA) is 126 Å². The normalized spacial score (nSPS) is 16.1. The molecule has 0 aliphatic carbocycles. The molecule has 2 aliphatic rings. The predicted octanol–water partition coefficient (Wildman–Crippen LogP) is 4.07. The van der Waals surface area contributed by atoms with Gasteiger partial charge in [-0.2, -0.15) is 0 Å². The van der Waals surface area contributed by atoms with E-state index in [1.165, 1.54) is 18.2 Å². The van der Waals surface area contributed by atoms with Crippen molar-refractivity contribution in [2.75, 3.05) is 25.0 Å². The van der Waals surface area contributed by atoms with Crippen LogP contribution in [0.5, 0.6) is 0 Å². The Hall–Kier alpha value is -4.74. The van der Waals surface area contributed by atoms with Crippen LogP contribution in [0.2, 0.25) is 5.02 Å². The molecule has 42 heavy (non-hydrogen) atoms. The highest BCUT2D eigenvalue weighted by Crippen LogP contribution is 2.34. The largest absolute Gasteiger partial charge is 0.368 e. The fourth-order valence-corrected chi connectivity index (χ4v) is 5.23. The van der Waals surface area contributed by atoms with E-state index in [0.29, 0.717) is 51.7 Å².